The Morgan fingerprint density at radius 1 is 1.33 bits per heavy atom. The van der Waals surface area contributed by atoms with Crippen molar-refractivity contribution >= 4 is 35.0 Å². The van der Waals surface area contributed by atoms with Gasteiger partial charge in [0.15, 0.2) is 0 Å². The molecule has 0 bridgehead atoms. The minimum absolute atomic E-state index is 0.0405. The van der Waals surface area contributed by atoms with Crippen molar-refractivity contribution < 1.29 is 9.59 Å². The van der Waals surface area contributed by atoms with E-state index in [0.29, 0.717) is 17.1 Å². The third-order valence-corrected chi connectivity index (χ3v) is 6.14. The van der Waals surface area contributed by atoms with Crippen LogP contribution in [0.4, 0.5) is 4.79 Å². The molecule has 1 aliphatic rings. The van der Waals surface area contributed by atoms with Gasteiger partial charge in [-0.1, -0.05) is 17.8 Å². The smallest absolute Gasteiger partial charge is 0.321 e. The molecule has 3 amide bonds. The molecule has 140 valence electrons. The molecule has 8 heteroatoms. The predicted octanol–water partition coefficient (Wildman–Crippen LogP) is 3.05. The van der Waals surface area contributed by atoms with Crippen LogP contribution >= 0.6 is 23.1 Å². The maximum atomic E-state index is 12.0. The fraction of sp³-hybridized carbons (Fsp3) is 0.368. The van der Waals surface area contributed by atoms with Gasteiger partial charge in [0.05, 0.1) is 11.3 Å². The van der Waals surface area contributed by atoms with Gasteiger partial charge < -0.3 is 5.32 Å². The molecule has 6 nitrogen and oxygen atoms in total. The maximum absolute atomic E-state index is 12.0. The van der Waals surface area contributed by atoms with Crippen molar-refractivity contribution in [2.45, 2.75) is 37.1 Å². The molecule has 27 heavy (non-hydrogen) atoms. The first-order chi connectivity index (χ1) is 13.2. The molecular formula is C19H20N4O2S2. The highest BCUT2D eigenvalue weighted by molar-refractivity contribution is 8.00. The van der Waals surface area contributed by atoms with Crippen molar-refractivity contribution in [2.75, 3.05) is 12.3 Å². The topological polar surface area (TPSA) is 94.9 Å². The Kier molecular flexibility index (Phi) is 6.85. The number of hydrogen-bond acceptors (Lipinski definition) is 6. The standard InChI is InChI=1S/C19H20N4O2S2/c20-11-14-10-13-4-1-2-6-16(13)22-18(14)27-12-17(24)23-19(25)21-8-7-15-5-3-9-26-15/h3,5,9-10H,1-2,4,6-8,12H2,(H2,21,23,24,25). The highest BCUT2D eigenvalue weighted by Gasteiger charge is 2.17. The number of rotatable bonds is 6. The molecule has 0 fully saturated rings. The molecule has 2 heterocycles. The van der Waals surface area contributed by atoms with E-state index in [9.17, 15) is 14.9 Å². The van der Waals surface area contributed by atoms with E-state index in [1.165, 1.54) is 16.6 Å². The highest BCUT2D eigenvalue weighted by atomic mass is 32.2. The van der Waals surface area contributed by atoms with Crippen LogP contribution in [0.2, 0.25) is 0 Å². The van der Waals surface area contributed by atoms with Gasteiger partial charge in [-0.2, -0.15) is 5.26 Å². The van der Waals surface area contributed by atoms with Crippen LogP contribution in [0.5, 0.6) is 0 Å². The number of aromatic nitrogens is 1. The molecule has 2 N–H and O–H groups in total. The lowest BCUT2D eigenvalue weighted by atomic mass is 9.95. The second-order valence-electron chi connectivity index (χ2n) is 6.19. The fourth-order valence-corrected chi connectivity index (χ4v) is 4.38. The number of imide groups is 1. The molecule has 0 atom stereocenters. The van der Waals surface area contributed by atoms with Crippen LogP contribution in [-0.2, 0) is 24.1 Å². The minimum atomic E-state index is -0.504. The maximum Gasteiger partial charge on any atom is 0.321 e. The van der Waals surface area contributed by atoms with Crippen molar-refractivity contribution in [2.24, 2.45) is 0 Å². The summed E-state index contributed by atoms with van der Waals surface area (Å²) in [6.07, 6.45) is 4.82. The zero-order valence-electron chi connectivity index (χ0n) is 14.8. The van der Waals surface area contributed by atoms with E-state index in [-0.39, 0.29) is 5.75 Å². The quantitative estimate of drug-likeness (QED) is 0.727. The third kappa shape index (κ3) is 5.55. The molecule has 2 aromatic heterocycles. The Bertz CT molecular complexity index is 859. The number of pyridine rings is 1. The Morgan fingerprint density at radius 2 is 2.19 bits per heavy atom. The molecule has 0 spiro atoms. The normalized spacial score (nSPS) is 12.7. The molecule has 0 saturated heterocycles. The van der Waals surface area contributed by atoms with E-state index in [0.717, 1.165) is 43.4 Å². The zero-order chi connectivity index (χ0) is 19.1. The highest BCUT2D eigenvalue weighted by Crippen LogP contribution is 2.27. The van der Waals surface area contributed by atoms with Crippen LogP contribution in [0.3, 0.4) is 0 Å². The average Bonchev–Trinajstić information content (AvgIpc) is 3.19. The van der Waals surface area contributed by atoms with Crippen molar-refractivity contribution in [1.29, 1.82) is 5.26 Å². The lowest BCUT2D eigenvalue weighted by Crippen LogP contribution is -2.41. The van der Waals surface area contributed by atoms with Gasteiger partial charge in [0.25, 0.3) is 0 Å². The largest absolute Gasteiger partial charge is 0.337 e. The molecule has 0 unspecified atom stereocenters. The number of amides is 3. The van der Waals surface area contributed by atoms with Gasteiger partial charge in [0, 0.05) is 17.1 Å². The Labute approximate surface area is 166 Å². The number of thioether (sulfide) groups is 1. The van der Waals surface area contributed by atoms with Crippen molar-refractivity contribution in [1.82, 2.24) is 15.6 Å². The number of carbonyl (C=O) groups is 2. The Balaban J connectivity index is 1.47. The molecule has 2 aromatic rings. The number of nitrogens with one attached hydrogen (secondary N) is 2. The summed E-state index contributed by atoms with van der Waals surface area (Å²) in [5, 5.41) is 16.9. The predicted molar refractivity (Wildman–Crippen MR) is 106 cm³/mol. The SMILES string of the molecule is N#Cc1cc2c(nc1SCC(=O)NC(=O)NCCc1cccs1)CCCC2. The number of fused-ring (bicyclic) bond motifs is 1. The van der Waals surface area contributed by atoms with Crippen LogP contribution in [0.15, 0.2) is 28.6 Å². The van der Waals surface area contributed by atoms with Crippen LogP contribution in [0.1, 0.15) is 34.5 Å². The van der Waals surface area contributed by atoms with E-state index >= 15 is 0 Å². The second-order valence-corrected chi connectivity index (χ2v) is 8.18. The monoisotopic (exact) mass is 400 g/mol. The lowest BCUT2D eigenvalue weighted by Gasteiger charge is -2.16. The molecule has 0 saturated carbocycles. The Morgan fingerprint density at radius 3 is 2.96 bits per heavy atom. The van der Waals surface area contributed by atoms with Gasteiger partial charge in [-0.25, -0.2) is 9.78 Å². The number of nitrogens with zero attached hydrogens (tertiary/aromatic N) is 2. The number of aryl methyl sites for hydroxylation is 2. The number of thiophene rings is 1. The van der Waals surface area contributed by atoms with Crippen LogP contribution in [0, 0.1) is 11.3 Å². The van der Waals surface area contributed by atoms with Gasteiger partial charge >= 0.3 is 6.03 Å². The summed E-state index contributed by atoms with van der Waals surface area (Å²) in [6, 6.07) is 7.51. The third-order valence-electron chi connectivity index (χ3n) is 4.22. The molecule has 0 aliphatic heterocycles. The van der Waals surface area contributed by atoms with E-state index in [1.807, 2.05) is 23.6 Å². The van der Waals surface area contributed by atoms with Crippen molar-refractivity contribution in [3.8, 4) is 6.07 Å². The van der Waals surface area contributed by atoms with Gasteiger partial charge in [-0.3, -0.25) is 10.1 Å². The minimum Gasteiger partial charge on any atom is -0.337 e. The number of urea groups is 1. The number of nitriles is 1. The van der Waals surface area contributed by atoms with Gasteiger partial charge in [-0.05, 0) is 55.2 Å². The average molecular weight is 401 g/mol. The molecule has 1 aliphatic carbocycles. The molecule has 0 radical (unpaired) electrons. The number of carbonyl (C=O) groups excluding carboxylic acids is 2. The van der Waals surface area contributed by atoms with Crippen LogP contribution in [0.25, 0.3) is 0 Å². The van der Waals surface area contributed by atoms with Crippen molar-refractivity contribution in [3.63, 3.8) is 0 Å². The van der Waals surface area contributed by atoms with Crippen LogP contribution in [-0.4, -0.2) is 29.2 Å². The fourth-order valence-electron chi connectivity index (χ4n) is 2.90. The second kappa shape index (κ2) is 9.53. The lowest BCUT2D eigenvalue weighted by molar-refractivity contribution is -0.117. The molecule has 0 aromatic carbocycles. The first kappa shape index (κ1) is 19.4. The van der Waals surface area contributed by atoms with E-state index in [2.05, 4.69) is 21.7 Å². The summed E-state index contributed by atoms with van der Waals surface area (Å²) in [5.74, 6) is -0.365. The summed E-state index contributed by atoms with van der Waals surface area (Å²) in [4.78, 5) is 29.6. The zero-order valence-corrected chi connectivity index (χ0v) is 16.4. The summed E-state index contributed by atoms with van der Waals surface area (Å²) < 4.78 is 0. The Hall–Kier alpha value is -2.37. The molecule has 3 rings (SSSR count). The summed E-state index contributed by atoms with van der Waals surface area (Å²) in [6.45, 7) is 0.470. The van der Waals surface area contributed by atoms with E-state index in [1.54, 1.807) is 11.3 Å². The van der Waals surface area contributed by atoms with Crippen molar-refractivity contribution in [3.05, 3.63) is 45.3 Å². The summed E-state index contributed by atoms with van der Waals surface area (Å²) in [5.41, 5.74) is 2.65. The van der Waals surface area contributed by atoms with E-state index in [4.69, 9.17) is 0 Å². The van der Waals surface area contributed by atoms with Gasteiger partial charge in [0.2, 0.25) is 5.91 Å². The first-order valence-corrected chi connectivity index (χ1v) is 10.7. The van der Waals surface area contributed by atoms with E-state index < -0.39 is 11.9 Å². The first-order valence-electron chi connectivity index (χ1n) is 8.81. The number of hydrogen-bond donors (Lipinski definition) is 2. The molecular weight excluding hydrogens is 380 g/mol. The van der Waals surface area contributed by atoms with Crippen LogP contribution < -0.4 is 10.6 Å². The summed E-state index contributed by atoms with van der Waals surface area (Å²) in [7, 11) is 0. The van der Waals surface area contributed by atoms with Gasteiger partial charge in [0.1, 0.15) is 11.1 Å². The summed E-state index contributed by atoms with van der Waals surface area (Å²) >= 11 is 2.82. The van der Waals surface area contributed by atoms with Gasteiger partial charge in [-0.15, -0.1) is 11.3 Å².